The van der Waals surface area contributed by atoms with Crippen molar-refractivity contribution in [2.75, 3.05) is 33.3 Å². The average Bonchev–Trinajstić information content (AvgIpc) is 2.62. The van der Waals surface area contributed by atoms with E-state index in [4.69, 9.17) is 4.74 Å². The van der Waals surface area contributed by atoms with E-state index in [1.54, 1.807) is 12.0 Å². The Morgan fingerprint density at radius 2 is 1.82 bits per heavy atom. The van der Waals surface area contributed by atoms with Crippen molar-refractivity contribution in [3.05, 3.63) is 29.8 Å². The van der Waals surface area contributed by atoms with E-state index >= 15 is 0 Å². The number of hydrogen-bond acceptors (Lipinski definition) is 2. The highest BCUT2D eigenvalue weighted by molar-refractivity contribution is 5.97. The van der Waals surface area contributed by atoms with Gasteiger partial charge < -0.3 is 14.5 Å². The summed E-state index contributed by atoms with van der Waals surface area (Å²) < 4.78 is 5.32. The third kappa shape index (κ3) is 3.27. The Bertz CT molecular complexity index is 504. The second-order valence-corrected chi connectivity index (χ2v) is 6.49. The maximum atomic E-state index is 12.7. The average molecular weight is 303 g/mol. The Balaban J connectivity index is 1.59. The summed E-state index contributed by atoms with van der Waals surface area (Å²) in [5.41, 5.74) is 0.686. The molecule has 2 aliphatic rings. The summed E-state index contributed by atoms with van der Waals surface area (Å²) >= 11 is 0. The summed E-state index contributed by atoms with van der Waals surface area (Å²) in [6.45, 7) is 3.91. The quantitative estimate of drug-likeness (QED) is 0.915. The molecule has 2 fully saturated rings. The Morgan fingerprint density at radius 1 is 1.14 bits per heavy atom. The molecule has 120 valence electrons. The molecular formula is C18H27N2O2+. The monoisotopic (exact) mass is 303 g/mol. The number of nitrogens with zero attached hydrogens (tertiary/aromatic N) is 1. The SMILES string of the molecule is COc1ccccc1C(=O)N1CC[NH+](C2CCCCC2)CC1. The number of piperazine rings is 1. The van der Waals surface area contributed by atoms with Crippen molar-refractivity contribution in [2.24, 2.45) is 0 Å². The van der Waals surface area contributed by atoms with Gasteiger partial charge in [-0.2, -0.15) is 0 Å². The number of quaternary nitrogens is 1. The molecule has 1 aliphatic heterocycles. The van der Waals surface area contributed by atoms with Crippen molar-refractivity contribution < 1.29 is 14.4 Å². The van der Waals surface area contributed by atoms with Crippen LogP contribution in [0.4, 0.5) is 0 Å². The van der Waals surface area contributed by atoms with Crippen LogP contribution in [-0.2, 0) is 0 Å². The van der Waals surface area contributed by atoms with E-state index in [2.05, 4.69) is 0 Å². The van der Waals surface area contributed by atoms with E-state index in [0.717, 1.165) is 32.2 Å². The number of para-hydroxylation sites is 1. The highest BCUT2D eigenvalue weighted by Crippen LogP contribution is 2.20. The smallest absolute Gasteiger partial charge is 0.258 e. The number of nitrogens with one attached hydrogen (secondary N) is 1. The first-order chi connectivity index (χ1) is 10.8. The second-order valence-electron chi connectivity index (χ2n) is 6.49. The van der Waals surface area contributed by atoms with Crippen LogP contribution in [0, 0.1) is 0 Å². The second kappa shape index (κ2) is 7.14. The van der Waals surface area contributed by atoms with Gasteiger partial charge in [0.1, 0.15) is 5.75 Å². The number of rotatable bonds is 3. The lowest BCUT2D eigenvalue weighted by Crippen LogP contribution is -3.18. The van der Waals surface area contributed by atoms with E-state index < -0.39 is 0 Å². The number of carbonyl (C=O) groups is 1. The predicted octanol–water partition coefficient (Wildman–Crippen LogP) is 1.37. The third-order valence-corrected chi connectivity index (χ3v) is 5.21. The highest BCUT2D eigenvalue weighted by atomic mass is 16.5. The van der Waals surface area contributed by atoms with Crippen molar-refractivity contribution in [1.82, 2.24) is 4.90 Å². The lowest BCUT2D eigenvalue weighted by Gasteiger charge is -2.38. The molecule has 1 amide bonds. The van der Waals surface area contributed by atoms with Crippen LogP contribution < -0.4 is 9.64 Å². The molecule has 0 bridgehead atoms. The minimum Gasteiger partial charge on any atom is -0.496 e. The van der Waals surface area contributed by atoms with Gasteiger partial charge in [-0.3, -0.25) is 4.79 Å². The Labute approximate surface area is 133 Å². The van der Waals surface area contributed by atoms with Crippen LogP contribution in [0.1, 0.15) is 42.5 Å². The lowest BCUT2D eigenvalue weighted by molar-refractivity contribution is -0.930. The van der Waals surface area contributed by atoms with Gasteiger partial charge in [-0.1, -0.05) is 18.6 Å². The number of benzene rings is 1. The molecule has 1 aliphatic carbocycles. The van der Waals surface area contributed by atoms with E-state index in [-0.39, 0.29) is 5.91 Å². The molecule has 4 heteroatoms. The Morgan fingerprint density at radius 3 is 2.50 bits per heavy atom. The fourth-order valence-electron chi connectivity index (χ4n) is 3.91. The molecule has 1 aromatic rings. The highest BCUT2D eigenvalue weighted by Gasteiger charge is 2.31. The van der Waals surface area contributed by atoms with E-state index in [0.29, 0.717) is 11.3 Å². The maximum Gasteiger partial charge on any atom is 0.258 e. The van der Waals surface area contributed by atoms with Crippen molar-refractivity contribution in [2.45, 2.75) is 38.1 Å². The summed E-state index contributed by atoms with van der Waals surface area (Å²) in [5, 5.41) is 0. The first-order valence-corrected chi connectivity index (χ1v) is 8.56. The van der Waals surface area contributed by atoms with Crippen LogP contribution in [-0.4, -0.2) is 50.1 Å². The molecule has 4 nitrogen and oxygen atoms in total. The van der Waals surface area contributed by atoms with Gasteiger partial charge in [0.05, 0.1) is 44.9 Å². The van der Waals surface area contributed by atoms with Crippen LogP contribution in [0.5, 0.6) is 5.75 Å². The molecule has 1 saturated heterocycles. The summed E-state index contributed by atoms with van der Waals surface area (Å²) in [6.07, 6.45) is 6.92. The standard InChI is InChI=1S/C18H26N2O2/c1-22-17-10-6-5-9-16(17)18(21)20-13-11-19(12-14-20)15-7-3-2-4-8-15/h5-6,9-10,15H,2-4,7-8,11-14H2,1H3/p+1. The number of methoxy groups -OCH3 is 1. The summed E-state index contributed by atoms with van der Waals surface area (Å²) in [6, 6.07) is 8.36. The molecule has 1 saturated carbocycles. The number of amides is 1. The van der Waals surface area contributed by atoms with Gasteiger partial charge in [-0.15, -0.1) is 0 Å². The molecule has 0 aromatic heterocycles. The molecule has 3 rings (SSSR count). The van der Waals surface area contributed by atoms with Gasteiger partial charge in [0.25, 0.3) is 5.91 Å². The molecule has 1 aromatic carbocycles. The predicted molar refractivity (Wildman–Crippen MR) is 86.5 cm³/mol. The fourth-order valence-corrected chi connectivity index (χ4v) is 3.91. The molecule has 0 unspecified atom stereocenters. The molecule has 0 atom stereocenters. The number of ether oxygens (including phenoxy) is 1. The van der Waals surface area contributed by atoms with Crippen molar-refractivity contribution in [3.63, 3.8) is 0 Å². The summed E-state index contributed by atoms with van der Waals surface area (Å²) in [4.78, 5) is 16.4. The number of carbonyl (C=O) groups excluding carboxylic acids is 1. The van der Waals surface area contributed by atoms with E-state index in [1.165, 1.54) is 32.1 Å². The van der Waals surface area contributed by atoms with Gasteiger partial charge in [0.2, 0.25) is 0 Å². The van der Waals surface area contributed by atoms with Crippen LogP contribution in [0.3, 0.4) is 0 Å². The van der Waals surface area contributed by atoms with Crippen LogP contribution in [0.25, 0.3) is 0 Å². The Hall–Kier alpha value is -1.55. The Kier molecular flexibility index (Phi) is 4.98. The molecule has 0 spiro atoms. The molecule has 0 radical (unpaired) electrons. The van der Waals surface area contributed by atoms with Crippen molar-refractivity contribution >= 4 is 5.91 Å². The fraction of sp³-hybridized carbons (Fsp3) is 0.611. The van der Waals surface area contributed by atoms with Crippen LogP contribution >= 0.6 is 0 Å². The normalized spacial score (nSPS) is 20.9. The van der Waals surface area contributed by atoms with Gasteiger partial charge in [0, 0.05) is 0 Å². The topological polar surface area (TPSA) is 34.0 Å². The summed E-state index contributed by atoms with van der Waals surface area (Å²) in [5.74, 6) is 0.787. The van der Waals surface area contributed by atoms with Crippen LogP contribution in [0.15, 0.2) is 24.3 Å². The van der Waals surface area contributed by atoms with E-state index in [9.17, 15) is 4.79 Å². The van der Waals surface area contributed by atoms with Crippen molar-refractivity contribution in [1.29, 1.82) is 0 Å². The largest absolute Gasteiger partial charge is 0.496 e. The number of hydrogen-bond donors (Lipinski definition) is 1. The third-order valence-electron chi connectivity index (χ3n) is 5.21. The molecule has 22 heavy (non-hydrogen) atoms. The van der Waals surface area contributed by atoms with Crippen LogP contribution in [0.2, 0.25) is 0 Å². The lowest BCUT2D eigenvalue weighted by atomic mass is 9.94. The minimum atomic E-state index is 0.111. The zero-order chi connectivity index (χ0) is 15.4. The van der Waals surface area contributed by atoms with Crippen molar-refractivity contribution in [3.8, 4) is 5.75 Å². The van der Waals surface area contributed by atoms with Gasteiger partial charge in [0.15, 0.2) is 0 Å². The molecular weight excluding hydrogens is 276 g/mol. The van der Waals surface area contributed by atoms with Gasteiger partial charge in [-0.05, 0) is 37.8 Å². The minimum absolute atomic E-state index is 0.111. The first kappa shape index (κ1) is 15.3. The molecule has 1 heterocycles. The zero-order valence-electron chi connectivity index (χ0n) is 13.5. The molecule has 1 N–H and O–H groups in total. The van der Waals surface area contributed by atoms with Gasteiger partial charge in [-0.25, -0.2) is 0 Å². The summed E-state index contributed by atoms with van der Waals surface area (Å²) in [7, 11) is 1.62. The van der Waals surface area contributed by atoms with E-state index in [1.807, 2.05) is 29.2 Å². The first-order valence-electron chi connectivity index (χ1n) is 8.56. The zero-order valence-corrected chi connectivity index (χ0v) is 13.5. The maximum absolute atomic E-state index is 12.7. The van der Waals surface area contributed by atoms with Gasteiger partial charge >= 0.3 is 0 Å².